The first-order valence-corrected chi connectivity index (χ1v) is 11.1. The normalized spacial score (nSPS) is 20.6. The highest BCUT2D eigenvalue weighted by atomic mass is 35.5. The van der Waals surface area contributed by atoms with Crippen LogP contribution in [0.25, 0.3) is 0 Å². The Morgan fingerprint density at radius 1 is 1.07 bits per heavy atom. The quantitative estimate of drug-likeness (QED) is 0.613. The van der Waals surface area contributed by atoms with Crippen molar-refractivity contribution in [1.82, 2.24) is 4.98 Å². The molecule has 154 valence electrons. The van der Waals surface area contributed by atoms with Gasteiger partial charge in [-0.2, -0.15) is 0 Å². The number of Topliss-reactive ketones (excluding diaryl/α,β-unsaturated/α-hetero) is 1. The number of nitrogens with one attached hydrogen (secondary N) is 1. The van der Waals surface area contributed by atoms with Crippen LogP contribution in [0.4, 0.5) is 0 Å². The Labute approximate surface area is 177 Å². The van der Waals surface area contributed by atoms with Crippen LogP contribution in [0.2, 0.25) is 5.02 Å². The molecular formula is C24H28ClNO3. The minimum Gasteiger partial charge on any atom is -0.458 e. The Bertz CT molecular complexity index is 909. The van der Waals surface area contributed by atoms with Gasteiger partial charge in [0.1, 0.15) is 11.8 Å². The van der Waals surface area contributed by atoms with Crippen molar-refractivity contribution in [3.05, 3.63) is 57.4 Å². The molecule has 0 unspecified atom stereocenters. The van der Waals surface area contributed by atoms with Gasteiger partial charge in [0.15, 0.2) is 5.78 Å². The van der Waals surface area contributed by atoms with Gasteiger partial charge in [-0.25, -0.2) is 4.79 Å². The van der Waals surface area contributed by atoms with Gasteiger partial charge in [-0.1, -0.05) is 49.1 Å². The van der Waals surface area contributed by atoms with E-state index in [1.165, 1.54) is 19.3 Å². The van der Waals surface area contributed by atoms with Crippen molar-refractivity contribution < 1.29 is 14.3 Å². The van der Waals surface area contributed by atoms with E-state index in [1.54, 1.807) is 0 Å². The van der Waals surface area contributed by atoms with E-state index >= 15 is 0 Å². The molecule has 2 aliphatic rings. The van der Waals surface area contributed by atoms with Crippen LogP contribution in [0.15, 0.2) is 24.3 Å². The molecule has 1 heterocycles. The molecule has 0 aliphatic heterocycles. The third kappa shape index (κ3) is 4.28. The third-order valence-corrected chi connectivity index (χ3v) is 6.71. The van der Waals surface area contributed by atoms with Crippen molar-refractivity contribution in [2.24, 2.45) is 0 Å². The number of fused-ring (bicyclic) bond motifs is 1. The summed E-state index contributed by atoms with van der Waals surface area (Å²) in [4.78, 5) is 29.0. The molecule has 0 spiro atoms. The van der Waals surface area contributed by atoms with Gasteiger partial charge >= 0.3 is 5.97 Å². The molecule has 4 rings (SSSR count). The summed E-state index contributed by atoms with van der Waals surface area (Å²) in [5, 5.41) is 0.681. The Hall–Kier alpha value is -2.07. The van der Waals surface area contributed by atoms with E-state index in [9.17, 15) is 9.59 Å². The number of halogens is 1. The molecule has 2 aromatic rings. The maximum Gasteiger partial charge on any atom is 0.355 e. The predicted octanol–water partition coefficient (Wildman–Crippen LogP) is 6.16. The zero-order valence-corrected chi connectivity index (χ0v) is 17.7. The first-order chi connectivity index (χ1) is 14.0. The van der Waals surface area contributed by atoms with Crippen LogP contribution < -0.4 is 0 Å². The van der Waals surface area contributed by atoms with Gasteiger partial charge in [-0.3, -0.25) is 4.79 Å². The van der Waals surface area contributed by atoms with E-state index in [-0.39, 0.29) is 23.8 Å². The molecule has 1 fully saturated rings. The number of carbonyl (C=O) groups excluding carboxylic acids is 2. The summed E-state index contributed by atoms with van der Waals surface area (Å²) in [5.41, 5.74) is 3.63. The highest BCUT2D eigenvalue weighted by molar-refractivity contribution is 6.31. The zero-order chi connectivity index (χ0) is 20.4. The molecular weight excluding hydrogens is 386 g/mol. The van der Waals surface area contributed by atoms with Crippen molar-refractivity contribution in [2.45, 2.75) is 76.7 Å². The maximum absolute atomic E-state index is 12.9. The summed E-state index contributed by atoms with van der Waals surface area (Å²) in [6, 6.07) is 7.67. The second-order valence-electron chi connectivity index (χ2n) is 8.40. The van der Waals surface area contributed by atoms with Crippen LogP contribution in [0.1, 0.15) is 95.0 Å². The largest absolute Gasteiger partial charge is 0.458 e. The minimum atomic E-state index is -0.329. The van der Waals surface area contributed by atoms with Crippen LogP contribution in [0.3, 0.4) is 0 Å². The minimum absolute atomic E-state index is 0.0193. The number of carbonyl (C=O) groups is 2. The van der Waals surface area contributed by atoms with Crippen molar-refractivity contribution in [2.75, 3.05) is 0 Å². The number of H-pyrrole nitrogens is 1. The van der Waals surface area contributed by atoms with E-state index in [0.717, 1.165) is 42.5 Å². The number of hydrogen-bond acceptors (Lipinski definition) is 3. The Morgan fingerprint density at radius 3 is 2.48 bits per heavy atom. The molecule has 0 saturated heterocycles. The second kappa shape index (κ2) is 8.74. The van der Waals surface area contributed by atoms with E-state index in [1.807, 2.05) is 31.2 Å². The molecule has 2 aliphatic carbocycles. The van der Waals surface area contributed by atoms with Gasteiger partial charge in [0.2, 0.25) is 0 Å². The van der Waals surface area contributed by atoms with Crippen molar-refractivity contribution >= 4 is 23.4 Å². The molecule has 0 amide bonds. The number of rotatable bonds is 3. The lowest BCUT2D eigenvalue weighted by Gasteiger charge is -2.22. The van der Waals surface area contributed by atoms with Gasteiger partial charge < -0.3 is 9.72 Å². The highest BCUT2D eigenvalue weighted by Gasteiger charge is 2.33. The maximum atomic E-state index is 12.9. The van der Waals surface area contributed by atoms with Gasteiger partial charge in [0.25, 0.3) is 0 Å². The fourth-order valence-electron chi connectivity index (χ4n) is 4.81. The van der Waals surface area contributed by atoms with Crippen molar-refractivity contribution in [3.63, 3.8) is 0 Å². The Kier molecular flexibility index (Phi) is 6.09. The predicted molar refractivity (Wildman–Crippen MR) is 114 cm³/mol. The standard InChI is InChI=1S/C24H28ClNO3/c1-15-22-20(13-16(14-21(22)27)18-11-7-8-12-19(18)25)26-23(15)24(28)29-17-9-5-3-2-4-6-10-17/h7-8,11-12,16-17,26H,2-6,9-10,13-14H2,1H3/t16-/m1/s1. The van der Waals surface area contributed by atoms with E-state index in [0.29, 0.717) is 29.1 Å². The van der Waals surface area contributed by atoms with Crippen LogP contribution in [-0.2, 0) is 11.2 Å². The number of aromatic amines is 1. The molecule has 0 radical (unpaired) electrons. The van der Waals surface area contributed by atoms with Gasteiger partial charge in [0, 0.05) is 22.7 Å². The summed E-state index contributed by atoms with van der Waals surface area (Å²) >= 11 is 6.36. The zero-order valence-electron chi connectivity index (χ0n) is 16.9. The lowest BCUT2D eigenvalue weighted by molar-refractivity contribution is 0.0232. The lowest BCUT2D eigenvalue weighted by atomic mass is 9.81. The van der Waals surface area contributed by atoms with E-state index < -0.39 is 0 Å². The second-order valence-corrected chi connectivity index (χ2v) is 8.81. The average molecular weight is 414 g/mol. The fraction of sp³-hybridized carbons (Fsp3) is 0.500. The van der Waals surface area contributed by atoms with Crippen LogP contribution in [0.5, 0.6) is 0 Å². The SMILES string of the molecule is Cc1c(C(=O)OC2CCCCCCC2)[nH]c2c1C(=O)C[C@H](c1ccccc1Cl)C2. The topological polar surface area (TPSA) is 59.2 Å². The van der Waals surface area contributed by atoms with Crippen LogP contribution >= 0.6 is 11.6 Å². The monoisotopic (exact) mass is 413 g/mol. The molecule has 4 nitrogen and oxygen atoms in total. The smallest absolute Gasteiger partial charge is 0.355 e. The average Bonchev–Trinajstić information content (AvgIpc) is 3.01. The van der Waals surface area contributed by atoms with E-state index in [2.05, 4.69) is 4.98 Å². The highest BCUT2D eigenvalue weighted by Crippen LogP contribution is 2.37. The molecule has 5 heteroatoms. The summed E-state index contributed by atoms with van der Waals surface area (Å²) in [7, 11) is 0. The fourth-order valence-corrected chi connectivity index (χ4v) is 5.10. The first kappa shape index (κ1) is 20.2. The van der Waals surface area contributed by atoms with Crippen molar-refractivity contribution in [3.8, 4) is 0 Å². The Morgan fingerprint density at radius 2 is 1.76 bits per heavy atom. The number of benzene rings is 1. The van der Waals surface area contributed by atoms with Crippen molar-refractivity contribution in [1.29, 1.82) is 0 Å². The van der Waals surface area contributed by atoms with Gasteiger partial charge in [-0.15, -0.1) is 0 Å². The molecule has 1 saturated carbocycles. The lowest BCUT2D eigenvalue weighted by Crippen LogP contribution is -2.20. The number of hydrogen-bond donors (Lipinski definition) is 1. The summed E-state index contributed by atoms with van der Waals surface area (Å²) in [6.45, 7) is 1.85. The molecule has 1 atom stereocenters. The molecule has 1 aromatic carbocycles. The molecule has 1 N–H and O–H groups in total. The molecule has 1 aromatic heterocycles. The van der Waals surface area contributed by atoms with E-state index in [4.69, 9.17) is 16.3 Å². The Balaban J connectivity index is 1.54. The summed E-state index contributed by atoms with van der Waals surface area (Å²) in [6.07, 6.45) is 8.83. The van der Waals surface area contributed by atoms with Gasteiger partial charge in [-0.05, 0) is 62.1 Å². The van der Waals surface area contributed by atoms with Crippen LogP contribution in [0, 0.1) is 6.92 Å². The molecule has 0 bridgehead atoms. The first-order valence-electron chi connectivity index (χ1n) is 10.7. The summed E-state index contributed by atoms with van der Waals surface area (Å²) < 4.78 is 5.83. The van der Waals surface area contributed by atoms with Crippen LogP contribution in [-0.4, -0.2) is 22.8 Å². The number of aromatic nitrogens is 1. The summed E-state index contributed by atoms with van der Waals surface area (Å²) in [5.74, 6) is -0.240. The number of ketones is 1. The number of esters is 1. The van der Waals surface area contributed by atoms with Gasteiger partial charge in [0.05, 0.1) is 0 Å². The molecule has 29 heavy (non-hydrogen) atoms. The third-order valence-electron chi connectivity index (χ3n) is 6.36. The number of ether oxygens (including phenoxy) is 1.